The first-order valence-electron chi connectivity index (χ1n) is 5.28. The largest absolute Gasteiger partial charge is 0.367 e. The van der Waals surface area contributed by atoms with Gasteiger partial charge in [-0.1, -0.05) is 18.5 Å². The van der Waals surface area contributed by atoms with E-state index in [0.29, 0.717) is 11.1 Å². The number of aromatic nitrogens is 1. The highest BCUT2D eigenvalue weighted by Crippen LogP contribution is 2.24. The van der Waals surface area contributed by atoms with E-state index in [0.717, 1.165) is 16.7 Å². The maximum Gasteiger partial charge on any atom is 0.140 e. The average molecular weight is 324 g/mol. The zero-order valence-electron chi connectivity index (χ0n) is 9.46. The number of anilines is 1. The molecular weight excluding hydrogens is 308 g/mol. The van der Waals surface area contributed by atoms with Crippen LogP contribution in [0.5, 0.6) is 0 Å². The minimum atomic E-state index is 0.420. The monoisotopic (exact) mass is 322 g/mol. The molecule has 0 aromatic carbocycles. The summed E-state index contributed by atoms with van der Waals surface area (Å²) in [6, 6.07) is 2.27. The Kier molecular flexibility index (Phi) is 6.54. The molecule has 0 fully saturated rings. The van der Waals surface area contributed by atoms with Crippen molar-refractivity contribution in [2.45, 2.75) is 26.3 Å². The summed E-state index contributed by atoms with van der Waals surface area (Å²) >= 11 is 11.2. The lowest BCUT2D eigenvalue weighted by molar-refractivity contribution is 0.766. The predicted octanol–water partition coefficient (Wildman–Crippen LogP) is 4.44. The van der Waals surface area contributed by atoms with Gasteiger partial charge in [-0.05, 0) is 46.8 Å². The van der Waals surface area contributed by atoms with Crippen LogP contribution in [0, 0.1) is 0 Å². The minimum Gasteiger partial charge on any atom is -0.367 e. The molecule has 1 rings (SSSR count). The highest BCUT2D eigenvalue weighted by Gasteiger charge is 2.06. The molecule has 1 N–H and O–H groups in total. The second-order valence-electron chi connectivity index (χ2n) is 3.51. The molecule has 0 radical (unpaired) electrons. The molecule has 90 valence electrons. The molecule has 5 heteroatoms. The van der Waals surface area contributed by atoms with Crippen LogP contribution in [0.1, 0.15) is 20.3 Å². The standard InChI is InChI=1S/C11H16BrClN2S/c1-3-16-5-4-8(2)15-11-10(12)6-9(13)7-14-11/h6-8H,3-5H2,1-2H3,(H,14,15). The molecule has 0 saturated heterocycles. The molecule has 1 aromatic heterocycles. The van der Waals surface area contributed by atoms with E-state index in [9.17, 15) is 0 Å². The topological polar surface area (TPSA) is 24.9 Å². The molecule has 0 aliphatic heterocycles. The smallest absolute Gasteiger partial charge is 0.140 e. The van der Waals surface area contributed by atoms with Crippen LogP contribution in [0.3, 0.4) is 0 Å². The molecule has 16 heavy (non-hydrogen) atoms. The zero-order chi connectivity index (χ0) is 12.0. The summed E-state index contributed by atoms with van der Waals surface area (Å²) in [7, 11) is 0. The number of nitrogens with zero attached hydrogens (tertiary/aromatic N) is 1. The SMILES string of the molecule is CCSCCC(C)Nc1ncc(Cl)cc1Br. The first kappa shape index (κ1) is 14.1. The quantitative estimate of drug-likeness (QED) is 0.783. The van der Waals surface area contributed by atoms with Gasteiger partial charge >= 0.3 is 0 Å². The number of nitrogens with one attached hydrogen (secondary N) is 1. The molecule has 0 bridgehead atoms. The number of pyridine rings is 1. The van der Waals surface area contributed by atoms with Crippen molar-refractivity contribution in [3.63, 3.8) is 0 Å². The molecule has 1 heterocycles. The predicted molar refractivity (Wildman–Crippen MR) is 77.6 cm³/mol. The lowest BCUT2D eigenvalue weighted by atomic mass is 10.2. The number of halogens is 2. The van der Waals surface area contributed by atoms with Gasteiger partial charge in [0.2, 0.25) is 0 Å². The highest BCUT2D eigenvalue weighted by molar-refractivity contribution is 9.10. The van der Waals surface area contributed by atoms with E-state index in [-0.39, 0.29) is 0 Å². The Morgan fingerprint density at radius 3 is 3.00 bits per heavy atom. The lowest BCUT2D eigenvalue weighted by Crippen LogP contribution is -2.17. The van der Waals surface area contributed by atoms with Gasteiger partial charge in [0.05, 0.1) is 9.50 Å². The van der Waals surface area contributed by atoms with Crippen LogP contribution >= 0.6 is 39.3 Å². The van der Waals surface area contributed by atoms with Crippen molar-refractivity contribution < 1.29 is 0 Å². The Hall–Kier alpha value is 0.0700. The molecule has 1 aromatic rings. The van der Waals surface area contributed by atoms with Crippen molar-refractivity contribution in [3.8, 4) is 0 Å². The van der Waals surface area contributed by atoms with Gasteiger partial charge in [0.15, 0.2) is 0 Å². The molecule has 1 atom stereocenters. The van der Waals surface area contributed by atoms with Crippen LogP contribution in [0.4, 0.5) is 5.82 Å². The number of rotatable bonds is 6. The Morgan fingerprint density at radius 1 is 1.62 bits per heavy atom. The van der Waals surface area contributed by atoms with E-state index in [1.165, 1.54) is 11.5 Å². The van der Waals surface area contributed by atoms with Crippen LogP contribution in [0.25, 0.3) is 0 Å². The maximum atomic E-state index is 5.83. The van der Waals surface area contributed by atoms with Crippen molar-refractivity contribution >= 4 is 45.1 Å². The van der Waals surface area contributed by atoms with E-state index >= 15 is 0 Å². The fourth-order valence-corrected chi connectivity index (χ4v) is 2.79. The van der Waals surface area contributed by atoms with Crippen LogP contribution in [-0.4, -0.2) is 22.5 Å². The van der Waals surface area contributed by atoms with E-state index in [1.807, 2.05) is 17.8 Å². The summed E-state index contributed by atoms with van der Waals surface area (Å²) in [4.78, 5) is 4.25. The Bertz CT molecular complexity index is 336. The van der Waals surface area contributed by atoms with E-state index in [4.69, 9.17) is 11.6 Å². The van der Waals surface area contributed by atoms with Crippen molar-refractivity contribution in [3.05, 3.63) is 21.8 Å². The first-order chi connectivity index (χ1) is 7.63. The number of hydrogen-bond acceptors (Lipinski definition) is 3. The van der Waals surface area contributed by atoms with Crippen molar-refractivity contribution in [1.29, 1.82) is 0 Å². The van der Waals surface area contributed by atoms with Gasteiger partial charge in [0.25, 0.3) is 0 Å². The normalized spacial score (nSPS) is 12.5. The van der Waals surface area contributed by atoms with Crippen LogP contribution in [-0.2, 0) is 0 Å². The van der Waals surface area contributed by atoms with E-state index < -0.39 is 0 Å². The zero-order valence-corrected chi connectivity index (χ0v) is 12.6. The summed E-state index contributed by atoms with van der Waals surface area (Å²) in [5, 5.41) is 4.01. The van der Waals surface area contributed by atoms with Gasteiger partial charge < -0.3 is 5.32 Å². The number of hydrogen-bond donors (Lipinski definition) is 1. The summed E-state index contributed by atoms with van der Waals surface area (Å²) < 4.78 is 0.912. The van der Waals surface area contributed by atoms with E-state index in [1.54, 1.807) is 6.20 Å². The van der Waals surface area contributed by atoms with Gasteiger partial charge in [-0.2, -0.15) is 11.8 Å². The van der Waals surface area contributed by atoms with Crippen molar-refractivity contribution in [1.82, 2.24) is 4.98 Å². The third-order valence-corrected chi connectivity index (χ3v) is 3.83. The van der Waals surface area contributed by atoms with Gasteiger partial charge in [0.1, 0.15) is 5.82 Å². The Labute approximate surface area is 115 Å². The summed E-state index contributed by atoms with van der Waals surface area (Å²) in [5.74, 6) is 3.21. The Morgan fingerprint density at radius 2 is 2.38 bits per heavy atom. The van der Waals surface area contributed by atoms with Crippen LogP contribution < -0.4 is 5.32 Å². The third kappa shape index (κ3) is 4.93. The Balaban J connectivity index is 2.46. The van der Waals surface area contributed by atoms with E-state index in [2.05, 4.69) is 40.1 Å². The van der Waals surface area contributed by atoms with Crippen molar-refractivity contribution in [2.75, 3.05) is 16.8 Å². The average Bonchev–Trinajstić information content (AvgIpc) is 2.23. The second-order valence-corrected chi connectivity index (χ2v) is 6.20. The molecule has 2 nitrogen and oxygen atoms in total. The minimum absolute atomic E-state index is 0.420. The highest BCUT2D eigenvalue weighted by atomic mass is 79.9. The van der Waals surface area contributed by atoms with Gasteiger partial charge in [0, 0.05) is 12.2 Å². The van der Waals surface area contributed by atoms with Gasteiger partial charge in [-0.3, -0.25) is 0 Å². The van der Waals surface area contributed by atoms with Gasteiger partial charge in [-0.15, -0.1) is 0 Å². The third-order valence-electron chi connectivity index (χ3n) is 2.09. The lowest BCUT2D eigenvalue weighted by Gasteiger charge is -2.15. The van der Waals surface area contributed by atoms with Crippen molar-refractivity contribution in [2.24, 2.45) is 0 Å². The first-order valence-corrected chi connectivity index (χ1v) is 7.61. The molecule has 0 aliphatic carbocycles. The number of thioether (sulfide) groups is 1. The van der Waals surface area contributed by atoms with Crippen LogP contribution in [0.2, 0.25) is 5.02 Å². The molecule has 0 saturated carbocycles. The fourth-order valence-electron chi connectivity index (χ4n) is 1.23. The maximum absolute atomic E-state index is 5.83. The molecule has 0 spiro atoms. The molecule has 0 amide bonds. The summed E-state index contributed by atoms with van der Waals surface area (Å²) in [5.41, 5.74) is 0. The van der Waals surface area contributed by atoms with Gasteiger partial charge in [-0.25, -0.2) is 4.98 Å². The fraction of sp³-hybridized carbons (Fsp3) is 0.545. The second kappa shape index (κ2) is 7.41. The molecular formula is C11H16BrClN2S. The molecule has 1 unspecified atom stereocenters. The van der Waals surface area contributed by atoms with Crippen LogP contribution in [0.15, 0.2) is 16.7 Å². The summed E-state index contributed by atoms with van der Waals surface area (Å²) in [6.07, 6.45) is 2.79. The molecule has 0 aliphatic rings. The summed E-state index contributed by atoms with van der Waals surface area (Å²) in [6.45, 7) is 4.35.